The number of aryl methyl sites for hydroxylation is 1. The molecule has 0 aliphatic carbocycles. The van der Waals surface area contributed by atoms with Crippen LogP contribution in [0.1, 0.15) is 40.9 Å². The van der Waals surface area contributed by atoms with Crippen molar-refractivity contribution in [2.75, 3.05) is 25.6 Å². The Morgan fingerprint density at radius 1 is 0.978 bits per heavy atom. The number of amides is 2. The number of nitrogens with zero attached hydrogens (tertiary/aromatic N) is 1. The molecule has 3 atom stereocenters. The summed E-state index contributed by atoms with van der Waals surface area (Å²) >= 11 is 0. The standard InChI is InChI=1S/C36H37N5O5/c1-45-36(44)41-33(32(24-11-4-2-5-12-24)25-13-6-3-7-14-25)35(43)40-28-15-9-8-10-23(28)16-18-27-21-37-31(22-46-27)34-38-29-19-17-26(42)20-30(29)39-34/h2-15,17,19-20,27,31-33,37,42H,16,18,21-22H2,1H3,(H,38,39)(H,40,43)(H,41,44)/t27-,31+,33+/m1/s1. The van der Waals surface area contributed by atoms with E-state index < -0.39 is 18.1 Å². The van der Waals surface area contributed by atoms with Crippen molar-refractivity contribution < 1.29 is 24.2 Å². The van der Waals surface area contributed by atoms with Crippen molar-refractivity contribution in [2.24, 2.45) is 0 Å². The minimum absolute atomic E-state index is 0.0253. The Bertz CT molecular complexity index is 1730. The van der Waals surface area contributed by atoms with Crippen LogP contribution in [0.3, 0.4) is 0 Å². The second-order valence-electron chi connectivity index (χ2n) is 11.3. The molecule has 5 aromatic rings. The normalized spacial score (nSPS) is 17.0. The zero-order chi connectivity index (χ0) is 31.9. The molecule has 0 saturated carbocycles. The lowest BCUT2D eigenvalue weighted by Gasteiger charge is -2.30. The lowest BCUT2D eigenvalue weighted by atomic mass is 9.84. The summed E-state index contributed by atoms with van der Waals surface area (Å²) in [4.78, 5) is 34.4. The molecular weight excluding hydrogens is 582 g/mol. The van der Waals surface area contributed by atoms with Crippen LogP contribution in [0.5, 0.6) is 5.75 Å². The van der Waals surface area contributed by atoms with Gasteiger partial charge in [-0.15, -0.1) is 0 Å². The van der Waals surface area contributed by atoms with Crippen LogP contribution in [0.25, 0.3) is 11.0 Å². The Morgan fingerprint density at radius 3 is 2.35 bits per heavy atom. The van der Waals surface area contributed by atoms with Gasteiger partial charge < -0.3 is 35.5 Å². The number of anilines is 1. The van der Waals surface area contributed by atoms with Crippen molar-refractivity contribution in [2.45, 2.75) is 36.9 Å². The third-order valence-electron chi connectivity index (χ3n) is 8.31. The molecule has 1 aliphatic heterocycles. The predicted octanol–water partition coefficient (Wildman–Crippen LogP) is 5.43. The first-order valence-electron chi connectivity index (χ1n) is 15.3. The van der Waals surface area contributed by atoms with E-state index in [-0.39, 0.29) is 23.8 Å². The maximum Gasteiger partial charge on any atom is 0.407 e. The first kappa shape index (κ1) is 30.8. The largest absolute Gasteiger partial charge is 0.508 e. The predicted molar refractivity (Wildman–Crippen MR) is 176 cm³/mol. The fraction of sp³-hybridized carbons (Fsp3) is 0.250. The number of methoxy groups -OCH3 is 1. The molecule has 10 heteroatoms. The Hall–Kier alpha value is -5.19. The lowest BCUT2D eigenvalue weighted by molar-refractivity contribution is -0.118. The highest BCUT2D eigenvalue weighted by atomic mass is 16.5. The number of morpholine rings is 1. The molecule has 1 saturated heterocycles. The molecule has 1 aromatic heterocycles. The molecule has 5 N–H and O–H groups in total. The van der Waals surface area contributed by atoms with Crippen molar-refractivity contribution in [3.8, 4) is 5.75 Å². The van der Waals surface area contributed by atoms with Crippen LogP contribution in [0, 0.1) is 0 Å². The zero-order valence-electron chi connectivity index (χ0n) is 25.5. The number of para-hydroxylation sites is 1. The Balaban J connectivity index is 1.14. The summed E-state index contributed by atoms with van der Waals surface area (Å²) in [6, 6.07) is 31.0. The van der Waals surface area contributed by atoms with Gasteiger partial charge in [-0.05, 0) is 47.7 Å². The van der Waals surface area contributed by atoms with Gasteiger partial charge in [-0.3, -0.25) is 4.79 Å². The SMILES string of the molecule is COC(=O)N[C@H](C(=O)Nc1ccccc1CC[C@@H]1CN[C@H](c2nc3ccc(O)cc3[nH]2)CO1)C(c1ccccc1)c1ccccc1. The van der Waals surface area contributed by atoms with Crippen molar-refractivity contribution in [3.63, 3.8) is 0 Å². The number of fused-ring (bicyclic) bond motifs is 1. The molecule has 6 rings (SSSR count). The van der Waals surface area contributed by atoms with Crippen molar-refractivity contribution in [3.05, 3.63) is 126 Å². The van der Waals surface area contributed by atoms with E-state index in [4.69, 9.17) is 9.47 Å². The van der Waals surface area contributed by atoms with Crippen LogP contribution in [-0.4, -0.2) is 59.5 Å². The summed E-state index contributed by atoms with van der Waals surface area (Å²) < 4.78 is 11.1. The molecule has 10 nitrogen and oxygen atoms in total. The second kappa shape index (κ2) is 14.3. The molecule has 4 aromatic carbocycles. The molecule has 2 amide bonds. The topological polar surface area (TPSA) is 138 Å². The van der Waals surface area contributed by atoms with Gasteiger partial charge in [0, 0.05) is 24.2 Å². The van der Waals surface area contributed by atoms with E-state index in [9.17, 15) is 14.7 Å². The first-order chi connectivity index (χ1) is 22.5. The average Bonchev–Trinajstić information content (AvgIpc) is 3.52. The molecular formula is C36H37N5O5. The van der Waals surface area contributed by atoms with E-state index in [1.165, 1.54) is 7.11 Å². The molecule has 0 spiro atoms. The van der Waals surface area contributed by atoms with Crippen molar-refractivity contribution >= 4 is 28.7 Å². The number of ether oxygens (including phenoxy) is 2. The molecule has 0 unspecified atom stereocenters. The van der Waals surface area contributed by atoms with Gasteiger partial charge in [0.05, 0.1) is 36.9 Å². The highest BCUT2D eigenvalue weighted by Gasteiger charge is 2.33. The minimum Gasteiger partial charge on any atom is -0.508 e. The van der Waals surface area contributed by atoms with Crippen LogP contribution in [0.15, 0.2) is 103 Å². The molecule has 46 heavy (non-hydrogen) atoms. The second-order valence-corrected chi connectivity index (χ2v) is 11.3. The van der Waals surface area contributed by atoms with Gasteiger partial charge in [0.2, 0.25) is 5.91 Å². The Kier molecular flexibility index (Phi) is 9.56. The highest BCUT2D eigenvalue weighted by Crippen LogP contribution is 2.30. The number of H-pyrrole nitrogens is 1. The van der Waals surface area contributed by atoms with E-state index in [1.54, 1.807) is 18.2 Å². The number of aromatic hydroxyl groups is 1. The van der Waals surface area contributed by atoms with E-state index in [0.717, 1.165) is 40.0 Å². The van der Waals surface area contributed by atoms with Crippen LogP contribution >= 0.6 is 0 Å². The average molecular weight is 620 g/mol. The number of hydrogen-bond acceptors (Lipinski definition) is 7. The van der Waals surface area contributed by atoms with E-state index in [1.807, 2.05) is 84.9 Å². The summed E-state index contributed by atoms with van der Waals surface area (Å²) in [5.74, 6) is 0.148. The van der Waals surface area contributed by atoms with Gasteiger partial charge in [0.25, 0.3) is 0 Å². The summed E-state index contributed by atoms with van der Waals surface area (Å²) in [5.41, 5.74) is 4.99. The van der Waals surface area contributed by atoms with E-state index in [0.29, 0.717) is 25.3 Å². The number of carbonyl (C=O) groups is 2. The molecule has 0 radical (unpaired) electrons. The fourth-order valence-electron chi connectivity index (χ4n) is 5.94. The number of aromatic nitrogens is 2. The molecule has 236 valence electrons. The van der Waals surface area contributed by atoms with Gasteiger partial charge >= 0.3 is 6.09 Å². The quantitative estimate of drug-likeness (QED) is 0.141. The summed E-state index contributed by atoms with van der Waals surface area (Å²) in [6.07, 6.45) is 0.697. The maximum atomic E-state index is 14.0. The molecule has 1 fully saturated rings. The van der Waals surface area contributed by atoms with Crippen molar-refractivity contribution in [1.29, 1.82) is 0 Å². The van der Waals surface area contributed by atoms with Gasteiger partial charge in [-0.25, -0.2) is 9.78 Å². The van der Waals surface area contributed by atoms with E-state index >= 15 is 0 Å². The number of hydrogen-bond donors (Lipinski definition) is 5. The maximum absolute atomic E-state index is 14.0. The highest BCUT2D eigenvalue weighted by molar-refractivity contribution is 5.98. The molecule has 0 bridgehead atoms. The number of imidazole rings is 1. The number of alkyl carbamates (subject to hydrolysis) is 1. The van der Waals surface area contributed by atoms with Crippen LogP contribution in [0.4, 0.5) is 10.5 Å². The zero-order valence-corrected chi connectivity index (χ0v) is 25.5. The minimum atomic E-state index is -0.949. The van der Waals surface area contributed by atoms with Gasteiger partial charge in [0.1, 0.15) is 17.6 Å². The summed E-state index contributed by atoms with van der Waals surface area (Å²) in [5, 5.41) is 19.2. The summed E-state index contributed by atoms with van der Waals surface area (Å²) in [7, 11) is 1.28. The first-order valence-corrected chi connectivity index (χ1v) is 15.3. The smallest absolute Gasteiger partial charge is 0.407 e. The van der Waals surface area contributed by atoms with Gasteiger partial charge in [-0.1, -0.05) is 78.9 Å². The number of phenols is 1. The third kappa shape index (κ3) is 7.20. The van der Waals surface area contributed by atoms with Gasteiger partial charge in [0.15, 0.2) is 0 Å². The van der Waals surface area contributed by atoms with Crippen LogP contribution < -0.4 is 16.0 Å². The molecule has 2 heterocycles. The molecule has 1 aliphatic rings. The Labute approximate surface area is 267 Å². The number of benzene rings is 4. The number of phenolic OH excluding ortho intramolecular Hbond substituents is 1. The fourth-order valence-corrected chi connectivity index (χ4v) is 5.94. The number of carbonyl (C=O) groups excluding carboxylic acids is 2. The summed E-state index contributed by atoms with van der Waals surface area (Å²) in [6.45, 7) is 1.10. The van der Waals surface area contributed by atoms with Crippen molar-refractivity contribution in [1.82, 2.24) is 20.6 Å². The number of aromatic amines is 1. The number of nitrogens with one attached hydrogen (secondary N) is 4. The monoisotopic (exact) mass is 619 g/mol. The van der Waals surface area contributed by atoms with Crippen LogP contribution in [-0.2, 0) is 20.7 Å². The number of rotatable bonds is 10. The van der Waals surface area contributed by atoms with Crippen LogP contribution in [0.2, 0.25) is 0 Å². The Morgan fingerprint density at radius 2 is 1.67 bits per heavy atom. The lowest BCUT2D eigenvalue weighted by Crippen LogP contribution is -2.48. The van der Waals surface area contributed by atoms with Gasteiger partial charge in [-0.2, -0.15) is 0 Å². The van der Waals surface area contributed by atoms with E-state index in [2.05, 4.69) is 25.9 Å². The third-order valence-corrected chi connectivity index (χ3v) is 8.31.